The van der Waals surface area contributed by atoms with Crippen molar-refractivity contribution in [2.75, 3.05) is 12.4 Å². The van der Waals surface area contributed by atoms with Crippen molar-refractivity contribution < 1.29 is 24.9 Å². The summed E-state index contributed by atoms with van der Waals surface area (Å²) in [6.45, 7) is 4.44. The van der Waals surface area contributed by atoms with Crippen molar-refractivity contribution >= 4 is 17.7 Å². The number of phenols is 1. The molecule has 26 heavy (non-hydrogen) atoms. The molecule has 5 nitrogen and oxygen atoms in total. The van der Waals surface area contributed by atoms with Gasteiger partial charge >= 0.3 is 5.97 Å². The van der Waals surface area contributed by atoms with Crippen LogP contribution in [0.3, 0.4) is 0 Å². The first-order valence-corrected chi connectivity index (χ1v) is 9.41. The van der Waals surface area contributed by atoms with E-state index < -0.39 is 12.1 Å². The van der Waals surface area contributed by atoms with Crippen LogP contribution in [0.1, 0.15) is 47.9 Å². The van der Waals surface area contributed by atoms with Gasteiger partial charge in [-0.3, -0.25) is 0 Å². The molecule has 1 aliphatic rings. The number of ether oxygens (including phenoxy) is 1. The Bertz CT molecular complexity index is 831. The number of rotatable bonds is 5. The molecule has 3 rings (SSSR count). The summed E-state index contributed by atoms with van der Waals surface area (Å²) in [5, 5.41) is 29.1. The maximum absolute atomic E-state index is 10.9. The second-order valence-corrected chi connectivity index (χ2v) is 8.19. The molecule has 138 valence electrons. The number of aliphatic hydroxyl groups is 1. The molecule has 1 heterocycles. The van der Waals surface area contributed by atoms with Gasteiger partial charge in [-0.15, -0.1) is 11.8 Å². The van der Waals surface area contributed by atoms with E-state index in [2.05, 4.69) is 13.8 Å². The molecule has 0 bridgehead atoms. The Hall–Kier alpha value is -2.18. The second kappa shape index (κ2) is 7.21. The minimum Gasteiger partial charge on any atom is -0.507 e. The molecule has 0 radical (unpaired) electrons. The molecule has 6 heteroatoms. The number of carboxylic acid groups (broad SMARTS) is 1. The fourth-order valence-corrected chi connectivity index (χ4v) is 4.50. The molecule has 2 aromatic rings. The topological polar surface area (TPSA) is 87.0 Å². The Balaban J connectivity index is 1.72. The fraction of sp³-hybridized carbons (Fsp3) is 0.350. The highest BCUT2D eigenvalue weighted by Crippen LogP contribution is 2.42. The molecule has 1 unspecified atom stereocenters. The van der Waals surface area contributed by atoms with Gasteiger partial charge in [-0.05, 0) is 46.9 Å². The van der Waals surface area contributed by atoms with Crippen molar-refractivity contribution in [1.82, 2.24) is 0 Å². The van der Waals surface area contributed by atoms with Crippen molar-refractivity contribution in [3.63, 3.8) is 0 Å². The number of hydrogen-bond donors (Lipinski definition) is 3. The highest BCUT2D eigenvalue weighted by molar-refractivity contribution is 7.99. The molecule has 1 aliphatic heterocycles. The predicted molar refractivity (Wildman–Crippen MR) is 100 cm³/mol. The van der Waals surface area contributed by atoms with Crippen LogP contribution >= 0.6 is 11.8 Å². The van der Waals surface area contributed by atoms with Gasteiger partial charge in [0.15, 0.2) is 0 Å². The molecular formula is C20H22O5S. The monoisotopic (exact) mass is 374 g/mol. The average molecular weight is 374 g/mol. The Labute approximate surface area is 156 Å². The minimum absolute atomic E-state index is 0.0121. The molecular weight excluding hydrogens is 352 g/mol. The van der Waals surface area contributed by atoms with E-state index in [4.69, 9.17) is 9.84 Å². The van der Waals surface area contributed by atoms with E-state index in [0.29, 0.717) is 5.75 Å². The molecule has 0 aliphatic carbocycles. The van der Waals surface area contributed by atoms with E-state index in [9.17, 15) is 15.0 Å². The number of benzene rings is 2. The number of carbonyl (C=O) groups is 1. The Morgan fingerprint density at radius 1 is 1.27 bits per heavy atom. The van der Waals surface area contributed by atoms with Gasteiger partial charge in [-0.2, -0.15) is 0 Å². The summed E-state index contributed by atoms with van der Waals surface area (Å²) in [6, 6.07) is 9.98. The molecule has 0 saturated carbocycles. The molecule has 2 aromatic carbocycles. The lowest BCUT2D eigenvalue weighted by Crippen LogP contribution is -2.23. The van der Waals surface area contributed by atoms with E-state index in [-0.39, 0.29) is 23.3 Å². The van der Waals surface area contributed by atoms with Crippen LogP contribution in [-0.4, -0.2) is 33.6 Å². The Morgan fingerprint density at radius 2 is 2.04 bits per heavy atom. The van der Waals surface area contributed by atoms with E-state index >= 15 is 0 Å². The van der Waals surface area contributed by atoms with Gasteiger partial charge < -0.3 is 20.1 Å². The van der Waals surface area contributed by atoms with Gasteiger partial charge in [0.05, 0.1) is 0 Å². The van der Waals surface area contributed by atoms with Gasteiger partial charge in [-0.1, -0.05) is 26.0 Å². The number of aliphatic hydroxyl groups excluding tert-OH is 1. The lowest BCUT2D eigenvalue weighted by molar-refractivity contribution is 0.0693. The SMILES string of the molecule is CC1(C)CCSc2ccc(C(O)COc3ccc(C(=O)O)c(O)c3)cc21. The molecule has 0 saturated heterocycles. The zero-order valence-corrected chi connectivity index (χ0v) is 15.5. The lowest BCUT2D eigenvalue weighted by atomic mass is 9.81. The van der Waals surface area contributed by atoms with Crippen LogP contribution in [0.2, 0.25) is 0 Å². The molecule has 0 amide bonds. The highest BCUT2D eigenvalue weighted by Gasteiger charge is 2.28. The summed E-state index contributed by atoms with van der Waals surface area (Å²) < 4.78 is 5.53. The van der Waals surface area contributed by atoms with Gasteiger partial charge in [0.2, 0.25) is 0 Å². The second-order valence-electron chi connectivity index (χ2n) is 7.05. The first kappa shape index (κ1) is 18.6. The molecule has 0 spiro atoms. The molecule has 0 aromatic heterocycles. The van der Waals surface area contributed by atoms with Crippen LogP contribution in [0, 0.1) is 0 Å². The number of thioether (sulfide) groups is 1. The van der Waals surface area contributed by atoms with Crippen molar-refractivity contribution in [2.24, 2.45) is 0 Å². The van der Waals surface area contributed by atoms with Crippen LogP contribution in [0.15, 0.2) is 41.3 Å². The normalized spacial score (nSPS) is 16.6. The maximum Gasteiger partial charge on any atom is 0.339 e. The van der Waals surface area contributed by atoms with Crippen LogP contribution in [0.4, 0.5) is 0 Å². The van der Waals surface area contributed by atoms with E-state index in [1.165, 1.54) is 28.7 Å². The van der Waals surface area contributed by atoms with Crippen molar-refractivity contribution in [3.05, 3.63) is 53.1 Å². The lowest BCUT2D eigenvalue weighted by Gasteiger charge is -2.32. The van der Waals surface area contributed by atoms with Crippen molar-refractivity contribution in [1.29, 1.82) is 0 Å². The zero-order valence-electron chi connectivity index (χ0n) is 14.7. The number of hydrogen-bond acceptors (Lipinski definition) is 5. The average Bonchev–Trinajstić information content (AvgIpc) is 2.59. The molecule has 1 atom stereocenters. The van der Waals surface area contributed by atoms with Gasteiger partial charge in [-0.25, -0.2) is 4.79 Å². The third-order valence-electron chi connectivity index (χ3n) is 4.71. The van der Waals surface area contributed by atoms with Crippen LogP contribution < -0.4 is 4.74 Å². The summed E-state index contributed by atoms with van der Waals surface area (Å²) in [6.07, 6.45) is 0.278. The third kappa shape index (κ3) is 3.81. The maximum atomic E-state index is 10.9. The van der Waals surface area contributed by atoms with Crippen molar-refractivity contribution in [2.45, 2.75) is 36.7 Å². The van der Waals surface area contributed by atoms with Crippen molar-refractivity contribution in [3.8, 4) is 11.5 Å². The quantitative estimate of drug-likeness (QED) is 0.734. The third-order valence-corrected chi connectivity index (χ3v) is 5.78. The number of carboxylic acids is 1. The largest absolute Gasteiger partial charge is 0.507 e. The number of aromatic hydroxyl groups is 1. The van der Waals surface area contributed by atoms with Gasteiger partial charge in [0.25, 0.3) is 0 Å². The summed E-state index contributed by atoms with van der Waals surface area (Å²) in [5.41, 5.74) is 1.92. The first-order valence-electron chi connectivity index (χ1n) is 8.42. The summed E-state index contributed by atoms with van der Waals surface area (Å²) in [4.78, 5) is 12.2. The van der Waals surface area contributed by atoms with E-state index in [1.807, 2.05) is 30.0 Å². The minimum atomic E-state index is -1.20. The highest BCUT2D eigenvalue weighted by atomic mass is 32.2. The Kier molecular flexibility index (Phi) is 5.16. The van der Waals surface area contributed by atoms with E-state index in [1.54, 1.807) is 0 Å². The zero-order chi connectivity index (χ0) is 18.9. The fourth-order valence-electron chi connectivity index (χ4n) is 3.01. The van der Waals surface area contributed by atoms with Crippen LogP contribution in [-0.2, 0) is 5.41 Å². The van der Waals surface area contributed by atoms with Gasteiger partial charge in [0.1, 0.15) is 29.8 Å². The number of aromatic carboxylic acids is 1. The summed E-state index contributed by atoms with van der Waals surface area (Å²) >= 11 is 1.84. The predicted octanol–water partition coefficient (Wildman–Crippen LogP) is 3.98. The van der Waals surface area contributed by atoms with Crippen LogP contribution in [0.25, 0.3) is 0 Å². The first-order chi connectivity index (χ1) is 12.3. The van der Waals surface area contributed by atoms with E-state index in [0.717, 1.165) is 17.7 Å². The Morgan fingerprint density at radius 3 is 2.73 bits per heavy atom. The standard InChI is InChI=1S/C20H22O5S/c1-20(2)7-8-26-18-6-3-12(9-15(18)20)17(22)11-25-13-4-5-14(19(23)24)16(21)10-13/h3-6,9-10,17,21-22H,7-8,11H2,1-2H3,(H,23,24). The van der Waals surface area contributed by atoms with Gasteiger partial charge in [0, 0.05) is 11.0 Å². The smallest absolute Gasteiger partial charge is 0.339 e. The molecule has 0 fully saturated rings. The van der Waals surface area contributed by atoms with Crippen LogP contribution in [0.5, 0.6) is 11.5 Å². The summed E-state index contributed by atoms with van der Waals surface area (Å²) in [5.74, 6) is -0.165. The number of fused-ring (bicyclic) bond motifs is 1. The molecule has 3 N–H and O–H groups in total. The summed E-state index contributed by atoms with van der Waals surface area (Å²) in [7, 11) is 0.